The lowest BCUT2D eigenvalue weighted by molar-refractivity contribution is -0.115. The summed E-state index contributed by atoms with van der Waals surface area (Å²) in [6.45, 7) is 1.55. The Labute approximate surface area is 107 Å². The van der Waals surface area contributed by atoms with Crippen molar-refractivity contribution in [3.05, 3.63) is 54.6 Å². The van der Waals surface area contributed by atoms with Gasteiger partial charge in [-0.1, -0.05) is 24.3 Å². The van der Waals surface area contributed by atoms with E-state index in [2.05, 4.69) is 0 Å². The van der Waals surface area contributed by atoms with E-state index in [0.717, 1.165) is 17.1 Å². The molecule has 0 saturated heterocycles. The average molecular weight is 241 g/mol. The van der Waals surface area contributed by atoms with Gasteiger partial charge in [0.1, 0.15) is 5.75 Å². The van der Waals surface area contributed by atoms with Crippen molar-refractivity contribution in [2.24, 2.45) is 0 Å². The van der Waals surface area contributed by atoms with Crippen molar-refractivity contribution in [3.8, 4) is 5.75 Å². The van der Waals surface area contributed by atoms with Crippen LogP contribution in [-0.4, -0.2) is 13.0 Å². The van der Waals surface area contributed by atoms with Crippen LogP contribution in [0.15, 0.2) is 54.6 Å². The van der Waals surface area contributed by atoms with Gasteiger partial charge in [-0.15, -0.1) is 0 Å². The van der Waals surface area contributed by atoms with Gasteiger partial charge in [0.15, 0.2) is 0 Å². The van der Waals surface area contributed by atoms with Crippen molar-refractivity contribution in [2.45, 2.75) is 6.92 Å². The van der Waals surface area contributed by atoms with E-state index in [0.29, 0.717) is 0 Å². The zero-order valence-corrected chi connectivity index (χ0v) is 10.5. The fraction of sp³-hybridized carbons (Fsp3) is 0.133. The summed E-state index contributed by atoms with van der Waals surface area (Å²) in [6.07, 6.45) is 0. The Morgan fingerprint density at radius 1 is 1.00 bits per heavy atom. The molecule has 0 aliphatic heterocycles. The van der Waals surface area contributed by atoms with Crippen LogP contribution in [0.2, 0.25) is 0 Å². The fourth-order valence-corrected chi connectivity index (χ4v) is 1.84. The molecule has 0 bridgehead atoms. The highest BCUT2D eigenvalue weighted by Gasteiger charge is 2.13. The molecule has 0 aliphatic carbocycles. The number of carbonyl (C=O) groups is 1. The highest BCUT2D eigenvalue weighted by atomic mass is 16.5. The number of amides is 1. The summed E-state index contributed by atoms with van der Waals surface area (Å²) in [7, 11) is 1.61. The Bertz CT molecular complexity index is 537. The largest absolute Gasteiger partial charge is 0.497 e. The van der Waals surface area contributed by atoms with Gasteiger partial charge in [0.25, 0.3) is 0 Å². The molecular formula is C15H15NO2. The lowest BCUT2D eigenvalue weighted by atomic mass is 10.2. The molecule has 0 N–H and O–H groups in total. The van der Waals surface area contributed by atoms with Gasteiger partial charge >= 0.3 is 0 Å². The number of anilines is 2. The minimum absolute atomic E-state index is 0.0329. The van der Waals surface area contributed by atoms with Crippen molar-refractivity contribution in [3.63, 3.8) is 0 Å². The molecule has 0 aliphatic rings. The number of benzene rings is 2. The van der Waals surface area contributed by atoms with Crippen molar-refractivity contribution < 1.29 is 9.53 Å². The first kappa shape index (κ1) is 12.2. The maximum absolute atomic E-state index is 11.8. The Kier molecular flexibility index (Phi) is 3.63. The van der Waals surface area contributed by atoms with Crippen LogP contribution in [0.1, 0.15) is 6.92 Å². The summed E-state index contributed by atoms with van der Waals surface area (Å²) < 4.78 is 5.18. The monoisotopic (exact) mass is 241 g/mol. The Morgan fingerprint density at radius 3 is 2.28 bits per heavy atom. The Hall–Kier alpha value is -2.29. The topological polar surface area (TPSA) is 29.5 Å². The number of para-hydroxylation sites is 1. The smallest absolute Gasteiger partial charge is 0.228 e. The van der Waals surface area contributed by atoms with Crippen molar-refractivity contribution in [1.29, 1.82) is 0 Å². The second-order valence-corrected chi connectivity index (χ2v) is 3.89. The highest BCUT2D eigenvalue weighted by Crippen LogP contribution is 2.28. The van der Waals surface area contributed by atoms with Gasteiger partial charge < -0.3 is 4.74 Å². The molecule has 3 heteroatoms. The first-order valence-electron chi connectivity index (χ1n) is 5.72. The van der Waals surface area contributed by atoms with Crippen LogP contribution in [0.25, 0.3) is 0 Å². The molecule has 0 spiro atoms. The number of hydrogen-bond acceptors (Lipinski definition) is 2. The van der Waals surface area contributed by atoms with Crippen molar-refractivity contribution in [1.82, 2.24) is 0 Å². The van der Waals surface area contributed by atoms with Gasteiger partial charge in [0.05, 0.1) is 12.8 Å². The van der Waals surface area contributed by atoms with Crippen molar-refractivity contribution >= 4 is 17.3 Å². The SMILES string of the molecule is COc1cccc(N(C(C)=O)c2ccccc2)c1. The predicted molar refractivity (Wildman–Crippen MR) is 72.3 cm³/mol. The van der Waals surface area contributed by atoms with E-state index >= 15 is 0 Å². The maximum atomic E-state index is 11.8. The van der Waals surface area contributed by atoms with E-state index in [4.69, 9.17) is 4.74 Å². The van der Waals surface area contributed by atoms with Gasteiger partial charge in [-0.25, -0.2) is 0 Å². The maximum Gasteiger partial charge on any atom is 0.228 e. The standard InChI is InChI=1S/C15H15NO2/c1-12(17)16(13-7-4-3-5-8-13)14-9-6-10-15(11-14)18-2/h3-11H,1-2H3. The summed E-state index contributed by atoms with van der Waals surface area (Å²) in [5.41, 5.74) is 1.64. The van der Waals surface area contributed by atoms with Crippen LogP contribution in [0.4, 0.5) is 11.4 Å². The number of carbonyl (C=O) groups excluding carboxylic acids is 1. The van der Waals surface area contributed by atoms with E-state index in [1.54, 1.807) is 18.9 Å². The third-order valence-electron chi connectivity index (χ3n) is 2.64. The number of methoxy groups -OCH3 is 1. The van der Waals surface area contributed by atoms with Crippen LogP contribution in [0.3, 0.4) is 0 Å². The van der Waals surface area contributed by atoms with E-state index in [1.165, 1.54) is 0 Å². The quantitative estimate of drug-likeness (QED) is 0.824. The number of rotatable bonds is 3. The molecule has 0 unspecified atom stereocenters. The first-order chi connectivity index (χ1) is 8.72. The molecule has 0 saturated carbocycles. The number of nitrogens with zero attached hydrogens (tertiary/aromatic N) is 1. The van der Waals surface area contributed by atoms with Gasteiger partial charge in [-0.3, -0.25) is 9.69 Å². The van der Waals surface area contributed by atoms with Crippen molar-refractivity contribution in [2.75, 3.05) is 12.0 Å². The third-order valence-corrected chi connectivity index (χ3v) is 2.64. The molecule has 2 rings (SSSR count). The lowest BCUT2D eigenvalue weighted by Crippen LogP contribution is -2.22. The van der Waals surface area contributed by atoms with Gasteiger partial charge in [-0.2, -0.15) is 0 Å². The Balaban J connectivity index is 2.45. The summed E-state index contributed by atoms with van der Waals surface area (Å²) in [5, 5.41) is 0. The summed E-state index contributed by atoms with van der Waals surface area (Å²) in [4.78, 5) is 13.5. The lowest BCUT2D eigenvalue weighted by Gasteiger charge is -2.21. The fourth-order valence-electron chi connectivity index (χ4n) is 1.84. The van der Waals surface area contributed by atoms with Crippen LogP contribution >= 0.6 is 0 Å². The minimum Gasteiger partial charge on any atom is -0.497 e. The van der Waals surface area contributed by atoms with E-state index < -0.39 is 0 Å². The predicted octanol–water partition coefficient (Wildman–Crippen LogP) is 3.38. The van der Waals surface area contributed by atoms with Crippen LogP contribution in [-0.2, 0) is 4.79 Å². The molecule has 3 nitrogen and oxygen atoms in total. The van der Waals surface area contributed by atoms with Crippen LogP contribution in [0, 0.1) is 0 Å². The molecular weight excluding hydrogens is 226 g/mol. The second kappa shape index (κ2) is 5.36. The zero-order valence-electron chi connectivity index (χ0n) is 10.5. The zero-order chi connectivity index (χ0) is 13.0. The molecule has 0 heterocycles. The molecule has 0 radical (unpaired) electrons. The van der Waals surface area contributed by atoms with Crippen LogP contribution in [0.5, 0.6) is 5.75 Å². The molecule has 92 valence electrons. The molecule has 0 fully saturated rings. The molecule has 0 aromatic heterocycles. The van der Waals surface area contributed by atoms with Crippen LogP contribution < -0.4 is 9.64 Å². The van der Waals surface area contributed by atoms with Gasteiger partial charge in [0.2, 0.25) is 5.91 Å². The molecule has 0 atom stereocenters. The minimum atomic E-state index is -0.0329. The average Bonchev–Trinajstić information content (AvgIpc) is 2.40. The van der Waals surface area contributed by atoms with Gasteiger partial charge in [-0.05, 0) is 24.3 Å². The number of hydrogen-bond donors (Lipinski definition) is 0. The highest BCUT2D eigenvalue weighted by molar-refractivity contribution is 5.99. The normalized spacial score (nSPS) is 9.89. The molecule has 18 heavy (non-hydrogen) atoms. The summed E-state index contributed by atoms with van der Waals surface area (Å²) in [5.74, 6) is 0.698. The first-order valence-corrected chi connectivity index (χ1v) is 5.72. The van der Waals surface area contributed by atoms with Gasteiger partial charge in [0, 0.05) is 18.7 Å². The Morgan fingerprint density at radius 2 is 1.67 bits per heavy atom. The third kappa shape index (κ3) is 2.51. The number of ether oxygens (including phenoxy) is 1. The molecule has 2 aromatic carbocycles. The molecule has 2 aromatic rings. The second-order valence-electron chi connectivity index (χ2n) is 3.89. The summed E-state index contributed by atoms with van der Waals surface area (Å²) in [6, 6.07) is 17.0. The van der Waals surface area contributed by atoms with E-state index in [9.17, 15) is 4.79 Å². The molecule has 1 amide bonds. The van der Waals surface area contributed by atoms with E-state index in [1.807, 2.05) is 54.6 Å². The summed E-state index contributed by atoms with van der Waals surface area (Å²) >= 11 is 0. The van der Waals surface area contributed by atoms with E-state index in [-0.39, 0.29) is 5.91 Å².